The Labute approximate surface area is 129 Å². The number of aromatic carboxylic acids is 1. The van der Waals surface area contributed by atoms with E-state index in [9.17, 15) is 9.59 Å². The molecule has 0 aliphatic carbocycles. The van der Waals surface area contributed by atoms with Crippen molar-refractivity contribution in [1.82, 2.24) is 5.32 Å². The minimum atomic E-state index is -1.03. The van der Waals surface area contributed by atoms with Crippen molar-refractivity contribution < 1.29 is 19.1 Å². The highest BCUT2D eigenvalue weighted by atomic mass is 16.4. The Morgan fingerprint density at radius 2 is 1.82 bits per heavy atom. The summed E-state index contributed by atoms with van der Waals surface area (Å²) in [6.07, 6.45) is 0.296. The fourth-order valence-electron chi connectivity index (χ4n) is 2.38. The van der Waals surface area contributed by atoms with E-state index in [4.69, 9.17) is 9.52 Å². The molecule has 2 aromatic rings. The van der Waals surface area contributed by atoms with Crippen LogP contribution in [0.25, 0.3) is 0 Å². The molecule has 0 bridgehead atoms. The summed E-state index contributed by atoms with van der Waals surface area (Å²) in [6, 6.07) is 7.36. The highest BCUT2D eigenvalue weighted by molar-refractivity contribution is 5.88. The standard InChI is InChI=1S/C17H19NO4/c1-10-5-4-6-11(2)14(10)8-16(19)18-9-13-7-15(17(20)21)12(3)22-13/h4-7H,8-9H2,1-3H3,(H,18,19)(H,20,21). The molecule has 1 heterocycles. The van der Waals surface area contributed by atoms with E-state index in [0.29, 0.717) is 17.9 Å². The Kier molecular flexibility index (Phi) is 4.65. The van der Waals surface area contributed by atoms with Gasteiger partial charge in [-0.05, 0) is 43.5 Å². The summed E-state index contributed by atoms with van der Waals surface area (Å²) in [5, 5.41) is 11.7. The number of hydrogen-bond donors (Lipinski definition) is 2. The molecule has 1 amide bonds. The first-order chi connectivity index (χ1) is 10.4. The van der Waals surface area contributed by atoms with Gasteiger partial charge in [-0.2, -0.15) is 0 Å². The van der Waals surface area contributed by atoms with Crippen molar-refractivity contribution in [3.63, 3.8) is 0 Å². The summed E-state index contributed by atoms with van der Waals surface area (Å²) >= 11 is 0. The second kappa shape index (κ2) is 6.47. The zero-order valence-corrected chi connectivity index (χ0v) is 12.9. The van der Waals surface area contributed by atoms with Crippen LogP contribution in [0, 0.1) is 20.8 Å². The number of benzene rings is 1. The summed E-state index contributed by atoms with van der Waals surface area (Å²) in [4.78, 5) is 23.0. The van der Waals surface area contributed by atoms with E-state index in [0.717, 1.165) is 16.7 Å². The summed E-state index contributed by atoms with van der Waals surface area (Å²) < 4.78 is 5.33. The van der Waals surface area contributed by atoms with Gasteiger partial charge in [-0.1, -0.05) is 18.2 Å². The topological polar surface area (TPSA) is 79.5 Å². The van der Waals surface area contributed by atoms with Crippen molar-refractivity contribution in [2.45, 2.75) is 33.7 Å². The predicted molar refractivity (Wildman–Crippen MR) is 81.9 cm³/mol. The average molecular weight is 301 g/mol. The number of amides is 1. The molecule has 5 heteroatoms. The molecule has 2 N–H and O–H groups in total. The third-order valence-corrected chi connectivity index (χ3v) is 3.64. The number of nitrogens with one attached hydrogen (secondary N) is 1. The minimum absolute atomic E-state index is 0.122. The van der Waals surface area contributed by atoms with E-state index in [1.54, 1.807) is 6.92 Å². The number of carboxylic acid groups (broad SMARTS) is 1. The van der Waals surface area contributed by atoms with Gasteiger partial charge < -0.3 is 14.8 Å². The van der Waals surface area contributed by atoms with Crippen molar-refractivity contribution in [3.05, 3.63) is 58.0 Å². The number of carboxylic acids is 1. The molecule has 1 aromatic heterocycles. The maximum Gasteiger partial charge on any atom is 0.339 e. The lowest BCUT2D eigenvalue weighted by Crippen LogP contribution is -2.25. The monoisotopic (exact) mass is 301 g/mol. The van der Waals surface area contributed by atoms with E-state index in [1.807, 2.05) is 32.0 Å². The first-order valence-corrected chi connectivity index (χ1v) is 7.03. The van der Waals surface area contributed by atoms with E-state index in [1.165, 1.54) is 6.07 Å². The summed E-state index contributed by atoms with van der Waals surface area (Å²) in [5.41, 5.74) is 3.30. The van der Waals surface area contributed by atoms with Crippen molar-refractivity contribution in [2.75, 3.05) is 0 Å². The van der Waals surface area contributed by atoms with Crippen molar-refractivity contribution >= 4 is 11.9 Å². The highest BCUT2D eigenvalue weighted by Gasteiger charge is 2.14. The van der Waals surface area contributed by atoms with Crippen LogP contribution < -0.4 is 5.32 Å². The average Bonchev–Trinajstić information content (AvgIpc) is 2.82. The Morgan fingerprint density at radius 1 is 1.18 bits per heavy atom. The third-order valence-electron chi connectivity index (χ3n) is 3.64. The highest BCUT2D eigenvalue weighted by Crippen LogP contribution is 2.16. The zero-order valence-electron chi connectivity index (χ0n) is 12.9. The van der Waals surface area contributed by atoms with Gasteiger partial charge in [0.05, 0.1) is 13.0 Å². The van der Waals surface area contributed by atoms with Crippen LogP contribution in [0.1, 0.15) is 38.6 Å². The summed E-state index contributed by atoms with van der Waals surface area (Å²) in [6.45, 7) is 5.72. The Morgan fingerprint density at radius 3 is 2.36 bits per heavy atom. The largest absolute Gasteiger partial charge is 0.478 e. The van der Waals surface area contributed by atoms with Gasteiger partial charge in [0, 0.05) is 0 Å². The number of hydrogen-bond acceptors (Lipinski definition) is 3. The molecular formula is C17H19NO4. The van der Waals surface area contributed by atoms with Gasteiger partial charge in [0.25, 0.3) is 0 Å². The number of furan rings is 1. The SMILES string of the molecule is Cc1cccc(C)c1CC(=O)NCc1cc(C(=O)O)c(C)o1. The Hall–Kier alpha value is -2.56. The molecule has 2 rings (SSSR count). The molecule has 0 saturated heterocycles. The van der Waals surface area contributed by atoms with Gasteiger partial charge in [-0.3, -0.25) is 4.79 Å². The second-order valence-electron chi connectivity index (χ2n) is 5.31. The van der Waals surface area contributed by atoms with Crippen LogP contribution >= 0.6 is 0 Å². The molecule has 0 aliphatic heterocycles. The molecule has 0 fully saturated rings. The quantitative estimate of drug-likeness (QED) is 0.890. The number of aryl methyl sites for hydroxylation is 3. The van der Waals surface area contributed by atoms with Gasteiger partial charge in [-0.15, -0.1) is 0 Å². The van der Waals surface area contributed by atoms with Gasteiger partial charge >= 0.3 is 5.97 Å². The first-order valence-electron chi connectivity index (χ1n) is 7.03. The van der Waals surface area contributed by atoms with E-state index in [-0.39, 0.29) is 18.0 Å². The van der Waals surface area contributed by atoms with Crippen LogP contribution in [0.4, 0.5) is 0 Å². The van der Waals surface area contributed by atoms with E-state index in [2.05, 4.69) is 5.32 Å². The van der Waals surface area contributed by atoms with Crippen LogP contribution in [-0.4, -0.2) is 17.0 Å². The van der Waals surface area contributed by atoms with Crippen LogP contribution in [-0.2, 0) is 17.8 Å². The predicted octanol–water partition coefficient (Wildman–Crippen LogP) is 2.76. The lowest BCUT2D eigenvalue weighted by molar-refractivity contribution is -0.120. The van der Waals surface area contributed by atoms with Crippen molar-refractivity contribution in [3.8, 4) is 0 Å². The molecule has 0 saturated carbocycles. The fraction of sp³-hybridized carbons (Fsp3) is 0.294. The van der Waals surface area contributed by atoms with Crippen LogP contribution in [0.2, 0.25) is 0 Å². The van der Waals surface area contributed by atoms with Crippen LogP contribution in [0.15, 0.2) is 28.7 Å². The fourth-order valence-corrected chi connectivity index (χ4v) is 2.38. The lowest BCUT2D eigenvalue weighted by atomic mass is 10.00. The third kappa shape index (κ3) is 3.55. The van der Waals surface area contributed by atoms with E-state index >= 15 is 0 Å². The zero-order chi connectivity index (χ0) is 16.3. The van der Waals surface area contributed by atoms with Crippen molar-refractivity contribution in [2.24, 2.45) is 0 Å². The Bertz CT molecular complexity index is 695. The molecule has 5 nitrogen and oxygen atoms in total. The molecule has 0 unspecified atom stereocenters. The minimum Gasteiger partial charge on any atom is -0.478 e. The molecule has 0 spiro atoms. The second-order valence-corrected chi connectivity index (χ2v) is 5.31. The van der Waals surface area contributed by atoms with Crippen LogP contribution in [0.5, 0.6) is 0 Å². The first kappa shape index (κ1) is 15.8. The number of rotatable bonds is 5. The molecule has 116 valence electrons. The number of carbonyl (C=O) groups is 2. The van der Waals surface area contributed by atoms with Crippen LogP contribution in [0.3, 0.4) is 0 Å². The van der Waals surface area contributed by atoms with Gasteiger partial charge in [0.2, 0.25) is 5.91 Å². The summed E-state index contributed by atoms with van der Waals surface area (Å²) in [5.74, 6) is -0.381. The molecular weight excluding hydrogens is 282 g/mol. The maximum absolute atomic E-state index is 12.0. The molecule has 22 heavy (non-hydrogen) atoms. The summed E-state index contributed by atoms with van der Waals surface area (Å²) in [7, 11) is 0. The lowest BCUT2D eigenvalue weighted by Gasteiger charge is -2.09. The smallest absolute Gasteiger partial charge is 0.339 e. The van der Waals surface area contributed by atoms with E-state index < -0.39 is 5.97 Å². The molecule has 0 radical (unpaired) electrons. The van der Waals surface area contributed by atoms with Gasteiger partial charge in [0.1, 0.15) is 17.1 Å². The normalized spacial score (nSPS) is 10.5. The van der Waals surface area contributed by atoms with Gasteiger partial charge in [0.15, 0.2) is 0 Å². The molecule has 1 aromatic carbocycles. The molecule has 0 aliphatic rings. The maximum atomic E-state index is 12.0. The van der Waals surface area contributed by atoms with Gasteiger partial charge in [-0.25, -0.2) is 4.79 Å². The molecule has 0 atom stereocenters. The van der Waals surface area contributed by atoms with Crippen molar-refractivity contribution in [1.29, 1.82) is 0 Å². The Balaban J connectivity index is 1.99. The number of carbonyl (C=O) groups excluding carboxylic acids is 1.